The standard InChI is InChI=1S/C23H31ClN2O3S/c1-2-4-18-11-14-21(16-9-12-19(24)13-10-16)26(23(18)27)22(17-7-8-17)15-25-30(28,29)20-5-3-6-20/h2,9-10,12-13,17-18,20-22,25H,1,3-8,11,14-15H2. The predicted octanol–water partition coefficient (Wildman–Crippen LogP) is 4.45. The fourth-order valence-electron chi connectivity index (χ4n) is 4.79. The number of carbonyl (C=O) groups is 1. The summed E-state index contributed by atoms with van der Waals surface area (Å²) in [6, 6.07) is 7.55. The highest BCUT2D eigenvalue weighted by Gasteiger charge is 2.45. The quantitative estimate of drug-likeness (QED) is 0.565. The van der Waals surface area contributed by atoms with Gasteiger partial charge in [-0.25, -0.2) is 13.1 Å². The minimum atomic E-state index is -3.31. The molecule has 0 spiro atoms. The van der Waals surface area contributed by atoms with Crippen molar-refractivity contribution in [2.75, 3.05) is 6.54 Å². The molecule has 1 aromatic rings. The van der Waals surface area contributed by atoms with Crippen LogP contribution < -0.4 is 4.72 Å². The normalized spacial score (nSPS) is 26.3. The molecule has 30 heavy (non-hydrogen) atoms. The summed E-state index contributed by atoms with van der Waals surface area (Å²) in [6.07, 6.45) is 8.69. The van der Waals surface area contributed by atoms with E-state index in [2.05, 4.69) is 11.3 Å². The Morgan fingerprint density at radius 3 is 2.40 bits per heavy atom. The average Bonchev–Trinajstić information content (AvgIpc) is 3.49. The molecule has 1 aromatic carbocycles. The van der Waals surface area contributed by atoms with Crippen molar-refractivity contribution in [2.24, 2.45) is 11.8 Å². The van der Waals surface area contributed by atoms with E-state index in [1.807, 2.05) is 35.2 Å². The van der Waals surface area contributed by atoms with Gasteiger partial charge in [0.15, 0.2) is 0 Å². The third-order valence-electron chi connectivity index (χ3n) is 6.94. The molecule has 3 fully saturated rings. The summed E-state index contributed by atoms with van der Waals surface area (Å²) >= 11 is 6.08. The van der Waals surface area contributed by atoms with Crippen molar-refractivity contribution in [2.45, 2.75) is 68.7 Å². The summed E-state index contributed by atoms with van der Waals surface area (Å²) in [5.74, 6) is 0.409. The highest BCUT2D eigenvalue weighted by molar-refractivity contribution is 7.90. The maximum Gasteiger partial charge on any atom is 0.226 e. The number of sulfonamides is 1. The topological polar surface area (TPSA) is 66.5 Å². The molecule has 1 aliphatic heterocycles. The largest absolute Gasteiger partial charge is 0.331 e. The lowest BCUT2D eigenvalue weighted by atomic mass is 9.85. The summed E-state index contributed by atoms with van der Waals surface area (Å²) in [4.78, 5) is 15.5. The molecule has 7 heteroatoms. The van der Waals surface area contributed by atoms with Gasteiger partial charge >= 0.3 is 0 Å². The zero-order chi connectivity index (χ0) is 21.3. The predicted molar refractivity (Wildman–Crippen MR) is 120 cm³/mol. The molecule has 164 valence electrons. The summed E-state index contributed by atoms with van der Waals surface area (Å²) < 4.78 is 28.1. The number of nitrogens with zero attached hydrogens (tertiary/aromatic N) is 1. The van der Waals surface area contributed by atoms with E-state index in [9.17, 15) is 13.2 Å². The van der Waals surface area contributed by atoms with Gasteiger partial charge in [0.05, 0.1) is 11.3 Å². The van der Waals surface area contributed by atoms with Crippen molar-refractivity contribution < 1.29 is 13.2 Å². The first-order valence-electron chi connectivity index (χ1n) is 11.1. The van der Waals surface area contributed by atoms with Crippen LogP contribution in [0.3, 0.4) is 0 Å². The highest BCUT2D eigenvalue weighted by atomic mass is 35.5. The van der Waals surface area contributed by atoms with E-state index < -0.39 is 10.0 Å². The van der Waals surface area contributed by atoms with Crippen molar-refractivity contribution in [1.29, 1.82) is 0 Å². The second-order valence-corrected chi connectivity index (χ2v) is 11.4. The molecule has 3 atom stereocenters. The molecule has 2 saturated carbocycles. The molecule has 1 amide bonds. The molecule has 1 heterocycles. The van der Waals surface area contributed by atoms with Gasteiger partial charge in [-0.3, -0.25) is 4.79 Å². The van der Waals surface area contributed by atoms with Crippen LogP contribution in [0.4, 0.5) is 0 Å². The number of hydrogen-bond donors (Lipinski definition) is 1. The Hall–Kier alpha value is -1.37. The minimum Gasteiger partial charge on any atom is -0.331 e. The number of carbonyl (C=O) groups excluding carboxylic acids is 1. The molecule has 3 aliphatic rings. The van der Waals surface area contributed by atoms with Crippen molar-refractivity contribution in [3.63, 3.8) is 0 Å². The van der Waals surface area contributed by atoms with Crippen molar-refractivity contribution in [3.8, 4) is 0 Å². The molecular weight excluding hydrogens is 420 g/mol. The molecule has 3 unspecified atom stereocenters. The summed E-state index contributed by atoms with van der Waals surface area (Å²) in [7, 11) is -3.31. The number of nitrogens with one attached hydrogen (secondary N) is 1. The average molecular weight is 451 g/mol. The lowest BCUT2D eigenvalue weighted by molar-refractivity contribution is -0.145. The van der Waals surface area contributed by atoms with Crippen LogP contribution in [0.15, 0.2) is 36.9 Å². The second-order valence-electron chi connectivity index (χ2n) is 8.96. The Morgan fingerprint density at radius 1 is 1.13 bits per heavy atom. The Balaban J connectivity index is 1.60. The smallest absolute Gasteiger partial charge is 0.226 e. The maximum absolute atomic E-state index is 13.5. The molecule has 0 bridgehead atoms. The lowest BCUT2D eigenvalue weighted by Gasteiger charge is -2.44. The van der Waals surface area contributed by atoms with Gasteiger partial charge in [0.1, 0.15) is 0 Å². The first-order valence-corrected chi connectivity index (χ1v) is 13.0. The highest BCUT2D eigenvalue weighted by Crippen LogP contribution is 2.44. The van der Waals surface area contributed by atoms with E-state index in [0.29, 0.717) is 23.9 Å². The molecule has 0 radical (unpaired) electrons. The SMILES string of the molecule is C=CCC1CCC(c2ccc(Cl)cc2)N(C(CNS(=O)(=O)C2CCC2)C2CC2)C1=O. The van der Waals surface area contributed by atoms with Crippen LogP contribution in [-0.2, 0) is 14.8 Å². The Bertz CT molecular complexity index is 878. The van der Waals surface area contributed by atoms with E-state index in [1.54, 1.807) is 0 Å². The van der Waals surface area contributed by atoms with Crippen LogP contribution in [0.25, 0.3) is 0 Å². The van der Waals surface area contributed by atoms with E-state index >= 15 is 0 Å². The monoisotopic (exact) mass is 450 g/mol. The number of likely N-dealkylation sites (tertiary alicyclic amines) is 1. The molecular formula is C23H31ClN2O3S. The van der Waals surface area contributed by atoms with Gasteiger partial charge < -0.3 is 4.90 Å². The number of piperidine rings is 1. The summed E-state index contributed by atoms with van der Waals surface area (Å²) in [6.45, 7) is 4.13. The first kappa shape index (κ1) is 21.8. The fraction of sp³-hybridized carbons (Fsp3) is 0.609. The van der Waals surface area contributed by atoms with Crippen LogP contribution in [-0.4, -0.2) is 37.1 Å². The second kappa shape index (κ2) is 9.01. The van der Waals surface area contributed by atoms with Gasteiger partial charge in [-0.05, 0) is 68.6 Å². The summed E-state index contributed by atoms with van der Waals surface area (Å²) in [5, 5.41) is 0.402. The molecule has 0 aromatic heterocycles. The zero-order valence-corrected chi connectivity index (χ0v) is 18.9. The van der Waals surface area contributed by atoms with Crippen molar-refractivity contribution >= 4 is 27.5 Å². The van der Waals surface area contributed by atoms with Gasteiger partial charge in [-0.15, -0.1) is 6.58 Å². The first-order chi connectivity index (χ1) is 14.4. The van der Waals surface area contributed by atoms with E-state index in [0.717, 1.165) is 50.5 Å². The maximum atomic E-state index is 13.5. The Kier molecular flexibility index (Phi) is 6.56. The Morgan fingerprint density at radius 2 is 1.83 bits per heavy atom. The van der Waals surface area contributed by atoms with Gasteiger partial charge in [0.2, 0.25) is 15.9 Å². The molecule has 4 rings (SSSR count). The molecule has 1 N–H and O–H groups in total. The van der Waals surface area contributed by atoms with Crippen LogP contribution in [0.2, 0.25) is 5.02 Å². The number of hydrogen-bond acceptors (Lipinski definition) is 3. The Labute approximate surface area is 184 Å². The third kappa shape index (κ3) is 4.61. The van der Waals surface area contributed by atoms with Crippen LogP contribution in [0, 0.1) is 11.8 Å². The molecule has 5 nitrogen and oxygen atoms in total. The van der Waals surface area contributed by atoms with Crippen LogP contribution in [0.5, 0.6) is 0 Å². The minimum absolute atomic E-state index is 0.0466. The lowest BCUT2D eigenvalue weighted by Crippen LogP contribution is -2.54. The number of halogens is 1. The van der Waals surface area contributed by atoms with E-state index in [1.165, 1.54) is 0 Å². The molecule has 2 aliphatic carbocycles. The number of allylic oxidation sites excluding steroid dienone is 1. The van der Waals surface area contributed by atoms with Crippen molar-refractivity contribution in [1.82, 2.24) is 9.62 Å². The summed E-state index contributed by atoms with van der Waals surface area (Å²) in [5.41, 5.74) is 1.07. The number of rotatable bonds is 9. The van der Waals surface area contributed by atoms with E-state index in [4.69, 9.17) is 11.6 Å². The number of amides is 1. The van der Waals surface area contributed by atoms with Gasteiger partial charge in [0.25, 0.3) is 0 Å². The third-order valence-corrected chi connectivity index (χ3v) is 9.11. The van der Waals surface area contributed by atoms with Gasteiger partial charge in [-0.2, -0.15) is 0 Å². The number of benzene rings is 1. The fourth-order valence-corrected chi connectivity index (χ4v) is 6.50. The van der Waals surface area contributed by atoms with Crippen LogP contribution >= 0.6 is 11.6 Å². The van der Waals surface area contributed by atoms with Gasteiger partial charge in [-0.1, -0.05) is 36.2 Å². The zero-order valence-electron chi connectivity index (χ0n) is 17.3. The van der Waals surface area contributed by atoms with Crippen molar-refractivity contribution in [3.05, 3.63) is 47.5 Å². The van der Waals surface area contributed by atoms with Crippen LogP contribution in [0.1, 0.15) is 63.0 Å². The van der Waals surface area contributed by atoms with Gasteiger partial charge in [0, 0.05) is 23.5 Å². The van der Waals surface area contributed by atoms with E-state index in [-0.39, 0.29) is 29.2 Å². The molecule has 1 saturated heterocycles.